The largest absolute Gasteiger partial charge is 0.507 e. The first kappa shape index (κ1) is 16.5. The molecule has 0 atom stereocenters. The van der Waals surface area contributed by atoms with Gasteiger partial charge in [0.15, 0.2) is 12.2 Å². The summed E-state index contributed by atoms with van der Waals surface area (Å²) < 4.78 is 21.2. The van der Waals surface area contributed by atoms with E-state index in [0.717, 1.165) is 0 Å². The zero-order valence-corrected chi connectivity index (χ0v) is 14.1. The lowest BCUT2D eigenvalue weighted by atomic mass is 10.0. The second-order valence-corrected chi connectivity index (χ2v) is 5.24. The van der Waals surface area contributed by atoms with Crippen LogP contribution in [0.3, 0.4) is 0 Å². The third-order valence-corrected chi connectivity index (χ3v) is 3.78. The molecule has 2 aromatic carbocycles. The summed E-state index contributed by atoms with van der Waals surface area (Å²) in [5.74, 6) is 1.95. The summed E-state index contributed by atoms with van der Waals surface area (Å²) in [6.07, 6.45) is 1.30. The minimum Gasteiger partial charge on any atom is -0.507 e. The van der Waals surface area contributed by atoms with Crippen LogP contribution in [0.1, 0.15) is 0 Å². The summed E-state index contributed by atoms with van der Waals surface area (Å²) in [6.45, 7) is 0. The molecule has 25 heavy (non-hydrogen) atoms. The van der Waals surface area contributed by atoms with Gasteiger partial charge in [-0.1, -0.05) is 0 Å². The third kappa shape index (κ3) is 3.03. The van der Waals surface area contributed by atoms with Crippen LogP contribution in [0.5, 0.6) is 23.0 Å². The number of phenols is 1. The zero-order chi connectivity index (χ0) is 18.0. The molecule has 1 heterocycles. The van der Waals surface area contributed by atoms with E-state index in [2.05, 4.69) is 4.98 Å². The van der Waals surface area contributed by atoms with E-state index in [1.807, 2.05) is 0 Å². The molecule has 1 aromatic heterocycles. The van der Waals surface area contributed by atoms with Crippen molar-refractivity contribution in [3.05, 3.63) is 36.7 Å². The average molecular weight is 342 g/mol. The minimum absolute atomic E-state index is 0.0288. The van der Waals surface area contributed by atoms with Crippen molar-refractivity contribution >= 4 is 5.69 Å². The zero-order valence-electron chi connectivity index (χ0n) is 14.1. The summed E-state index contributed by atoms with van der Waals surface area (Å²) in [4.78, 5) is 4.27. The fourth-order valence-corrected chi connectivity index (χ4v) is 2.53. The van der Waals surface area contributed by atoms with Crippen LogP contribution < -0.4 is 19.9 Å². The van der Waals surface area contributed by atoms with Gasteiger partial charge in [-0.3, -0.25) is 0 Å². The molecule has 0 spiro atoms. The second-order valence-electron chi connectivity index (χ2n) is 5.24. The van der Waals surface area contributed by atoms with E-state index >= 15 is 0 Å². The number of aromatic hydroxyl groups is 1. The molecule has 0 saturated carbocycles. The van der Waals surface area contributed by atoms with Crippen molar-refractivity contribution in [2.24, 2.45) is 0 Å². The van der Waals surface area contributed by atoms with Crippen molar-refractivity contribution in [3.8, 4) is 45.6 Å². The van der Waals surface area contributed by atoms with Crippen LogP contribution in [0.15, 0.2) is 41.1 Å². The molecule has 0 bridgehead atoms. The third-order valence-electron chi connectivity index (χ3n) is 3.78. The first-order valence-corrected chi connectivity index (χ1v) is 7.41. The molecule has 0 radical (unpaired) electrons. The maximum absolute atomic E-state index is 10.3. The minimum atomic E-state index is -0.0288. The average Bonchev–Trinajstić information content (AvgIpc) is 3.12. The molecule has 0 aliphatic carbocycles. The van der Waals surface area contributed by atoms with Crippen molar-refractivity contribution in [2.75, 3.05) is 27.1 Å². The summed E-state index contributed by atoms with van der Waals surface area (Å²) in [7, 11) is 4.61. The number of aromatic nitrogens is 1. The Morgan fingerprint density at radius 1 is 0.960 bits per heavy atom. The summed E-state index contributed by atoms with van der Waals surface area (Å²) >= 11 is 0. The number of nitrogens with zero attached hydrogens (tertiary/aromatic N) is 1. The van der Waals surface area contributed by atoms with Crippen LogP contribution in [0.25, 0.3) is 22.6 Å². The smallest absolute Gasteiger partial charge is 0.182 e. The number of anilines is 1. The predicted octanol–water partition coefficient (Wildman–Crippen LogP) is 3.32. The Bertz CT molecular complexity index is 882. The molecule has 0 amide bonds. The molecule has 3 N–H and O–H groups in total. The van der Waals surface area contributed by atoms with Gasteiger partial charge in [-0.2, -0.15) is 0 Å². The van der Waals surface area contributed by atoms with Crippen LogP contribution in [0.4, 0.5) is 5.69 Å². The summed E-state index contributed by atoms with van der Waals surface area (Å²) in [5, 5.41) is 10.3. The Kier molecular flexibility index (Phi) is 4.38. The topological polar surface area (TPSA) is 100.0 Å². The number of nitrogens with two attached hydrogens (primary N) is 1. The van der Waals surface area contributed by atoms with Gasteiger partial charge in [0.2, 0.25) is 0 Å². The fraction of sp³-hybridized carbons (Fsp3) is 0.167. The highest BCUT2D eigenvalue weighted by atomic mass is 16.5. The number of hydrogen-bond donors (Lipinski definition) is 2. The highest BCUT2D eigenvalue weighted by molar-refractivity contribution is 5.83. The number of nitrogen functional groups attached to an aromatic ring is 1. The van der Waals surface area contributed by atoms with Crippen molar-refractivity contribution < 1.29 is 23.7 Å². The van der Waals surface area contributed by atoms with Crippen LogP contribution in [-0.2, 0) is 0 Å². The van der Waals surface area contributed by atoms with Crippen molar-refractivity contribution in [1.82, 2.24) is 4.98 Å². The van der Waals surface area contributed by atoms with Crippen molar-refractivity contribution in [1.29, 1.82) is 0 Å². The van der Waals surface area contributed by atoms with E-state index < -0.39 is 0 Å². The molecule has 0 unspecified atom stereocenters. The van der Waals surface area contributed by atoms with Gasteiger partial charge in [0, 0.05) is 17.7 Å². The monoisotopic (exact) mass is 342 g/mol. The Morgan fingerprint density at radius 3 is 2.24 bits per heavy atom. The molecular weight excluding hydrogens is 324 g/mol. The molecule has 0 aliphatic heterocycles. The molecule has 0 aliphatic rings. The van der Waals surface area contributed by atoms with E-state index in [1.165, 1.54) is 19.6 Å². The Labute approximate surface area is 144 Å². The molecule has 0 saturated heterocycles. The molecule has 3 rings (SSSR count). The standard InChI is InChI=1S/C18H18N2O5/c1-22-11-4-10(5-12(6-11)23-2)17-18(25-9-20-17)13-7-14(19)16(24-3)8-15(13)21/h4-9,21H,19H2,1-3H3. The van der Waals surface area contributed by atoms with Crippen LogP contribution in [0, 0.1) is 0 Å². The van der Waals surface area contributed by atoms with Crippen molar-refractivity contribution in [2.45, 2.75) is 0 Å². The first-order valence-electron chi connectivity index (χ1n) is 7.41. The van der Waals surface area contributed by atoms with Gasteiger partial charge >= 0.3 is 0 Å². The SMILES string of the molecule is COc1cc(OC)cc(-c2ncoc2-c2cc(N)c(OC)cc2O)c1. The lowest BCUT2D eigenvalue weighted by Gasteiger charge is -2.10. The molecule has 0 fully saturated rings. The lowest BCUT2D eigenvalue weighted by molar-refractivity contribution is 0.394. The lowest BCUT2D eigenvalue weighted by Crippen LogP contribution is -1.94. The number of phenolic OH excluding ortho intramolecular Hbond substituents is 1. The molecule has 3 aromatic rings. The van der Waals surface area contributed by atoms with Crippen LogP contribution in [-0.4, -0.2) is 31.4 Å². The summed E-state index contributed by atoms with van der Waals surface area (Å²) in [5.41, 5.74) is 7.98. The Hall–Kier alpha value is -3.35. The van der Waals surface area contributed by atoms with Gasteiger partial charge in [-0.05, 0) is 18.2 Å². The Morgan fingerprint density at radius 2 is 1.64 bits per heavy atom. The highest BCUT2D eigenvalue weighted by Crippen LogP contribution is 2.41. The molecule has 130 valence electrons. The van der Waals surface area contributed by atoms with Crippen LogP contribution >= 0.6 is 0 Å². The van der Waals surface area contributed by atoms with E-state index in [9.17, 15) is 5.11 Å². The molecular formula is C18H18N2O5. The molecule has 7 nitrogen and oxygen atoms in total. The van der Waals surface area contributed by atoms with E-state index in [1.54, 1.807) is 38.5 Å². The number of methoxy groups -OCH3 is 3. The Balaban J connectivity index is 2.15. The second kappa shape index (κ2) is 6.64. The number of ether oxygens (including phenoxy) is 3. The predicted molar refractivity (Wildman–Crippen MR) is 93.1 cm³/mol. The first-order chi connectivity index (χ1) is 12.1. The number of rotatable bonds is 5. The number of benzene rings is 2. The normalized spacial score (nSPS) is 10.5. The van der Waals surface area contributed by atoms with Gasteiger partial charge in [0.25, 0.3) is 0 Å². The number of hydrogen-bond acceptors (Lipinski definition) is 7. The maximum atomic E-state index is 10.3. The van der Waals surface area contributed by atoms with Gasteiger partial charge in [-0.15, -0.1) is 0 Å². The van der Waals surface area contributed by atoms with Gasteiger partial charge in [-0.25, -0.2) is 4.98 Å². The van der Waals surface area contributed by atoms with Gasteiger partial charge in [0.1, 0.15) is 28.7 Å². The van der Waals surface area contributed by atoms with Gasteiger partial charge < -0.3 is 29.5 Å². The maximum Gasteiger partial charge on any atom is 0.182 e. The molecule has 7 heteroatoms. The van der Waals surface area contributed by atoms with E-state index in [-0.39, 0.29) is 5.75 Å². The van der Waals surface area contributed by atoms with Crippen molar-refractivity contribution in [3.63, 3.8) is 0 Å². The van der Waals surface area contributed by atoms with Gasteiger partial charge in [0.05, 0.1) is 32.6 Å². The fourth-order valence-electron chi connectivity index (χ4n) is 2.53. The van der Waals surface area contributed by atoms with E-state index in [0.29, 0.717) is 45.5 Å². The highest BCUT2D eigenvalue weighted by Gasteiger charge is 2.19. The summed E-state index contributed by atoms with van der Waals surface area (Å²) in [6, 6.07) is 8.37. The van der Waals surface area contributed by atoms with E-state index in [4.69, 9.17) is 24.4 Å². The quantitative estimate of drug-likeness (QED) is 0.542. The van der Waals surface area contributed by atoms with Crippen LogP contribution in [0.2, 0.25) is 0 Å². The number of oxazole rings is 1.